The number of hydrogen-bond donors (Lipinski definition) is 6. The van der Waals surface area contributed by atoms with Crippen molar-refractivity contribution in [3.05, 3.63) is 18.2 Å². The summed E-state index contributed by atoms with van der Waals surface area (Å²) < 4.78 is 0. The summed E-state index contributed by atoms with van der Waals surface area (Å²) in [6.07, 6.45) is 6.78. The predicted octanol–water partition coefficient (Wildman–Crippen LogP) is -1.37. The Kier molecular flexibility index (Phi) is 9.61. The van der Waals surface area contributed by atoms with E-state index in [9.17, 15) is 24.3 Å². The van der Waals surface area contributed by atoms with Crippen molar-refractivity contribution in [1.82, 2.24) is 31.2 Å². The zero-order valence-corrected chi connectivity index (χ0v) is 17.6. The van der Waals surface area contributed by atoms with Crippen molar-refractivity contribution < 1.29 is 24.3 Å². The molecule has 3 unspecified atom stereocenters. The Bertz CT molecular complexity index is 723. The van der Waals surface area contributed by atoms with Crippen LogP contribution in [0.2, 0.25) is 0 Å². The van der Waals surface area contributed by atoms with Crippen LogP contribution in [0.5, 0.6) is 0 Å². The fraction of sp³-hybridized carbons (Fsp3) is 0.611. The predicted molar refractivity (Wildman–Crippen MR) is 111 cm³/mol. The summed E-state index contributed by atoms with van der Waals surface area (Å²) in [7, 11) is 0. The summed E-state index contributed by atoms with van der Waals surface area (Å²) in [4.78, 5) is 55.2. The lowest BCUT2D eigenvalue weighted by atomic mass is 10.1. The van der Waals surface area contributed by atoms with Crippen molar-refractivity contribution >= 4 is 35.5 Å². The van der Waals surface area contributed by atoms with Crippen molar-refractivity contribution in [2.24, 2.45) is 0 Å². The Morgan fingerprint density at radius 2 is 2.10 bits per heavy atom. The summed E-state index contributed by atoms with van der Waals surface area (Å²) in [6, 6.07) is -2.38. The summed E-state index contributed by atoms with van der Waals surface area (Å²) in [5.74, 6) is -2.00. The first-order valence-corrected chi connectivity index (χ1v) is 11.1. The Balaban J connectivity index is 1.95. The van der Waals surface area contributed by atoms with Gasteiger partial charge in [0, 0.05) is 18.3 Å². The van der Waals surface area contributed by atoms with Crippen molar-refractivity contribution in [3.63, 3.8) is 0 Å². The lowest BCUT2D eigenvalue weighted by Gasteiger charge is -2.21. The molecule has 0 aromatic carbocycles. The van der Waals surface area contributed by atoms with Crippen LogP contribution in [0.25, 0.3) is 0 Å². The second-order valence-corrected chi connectivity index (χ2v) is 7.93. The molecule has 1 aliphatic heterocycles. The third kappa shape index (κ3) is 7.67. The maximum absolute atomic E-state index is 12.7. The van der Waals surface area contributed by atoms with Gasteiger partial charge in [0.25, 0.3) is 0 Å². The third-order valence-electron chi connectivity index (χ3n) is 4.66. The molecule has 0 spiro atoms. The number of carbonyl (C=O) groups is 4. The second-order valence-electron chi connectivity index (χ2n) is 6.95. The lowest BCUT2D eigenvalue weighted by Crippen LogP contribution is -2.54. The number of carbonyl (C=O) groups excluding carboxylic acids is 3. The zero-order chi connectivity index (χ0) is 21.9. The van der Waals surface area contributed by atoms with Crippen molar-refractivity contribution in [1.29, 1.82) is 0 Å². The van der Waals surface area contributed by atoms with Gasteiger partial charge >= 0.3 is 5.97 Å². The van der Waals surface area contributed by atoms with E-state index in [0.29, 0.717) is 17.9 Å². The third-order valence-corrected chi connectivity index (χ3v) is 5.30. The molecule has 6 N–H and O–H groups in total. The number of H-pyrrole nitrogens is 1. The van der Waals surface area contributed by atoms with Gasteiger partial charge in [-0.2, -0.15) is 11.8 Å². The number of aromatic nitrogens is 2. The maximum atomic E-state index is 12.7. The number of carboxylic acid groups (broad SMARTS) is 1. The van der Waals surface area contributed by atoms with E-state index in [0.717, 1.165) is 13.0 Å². The van der Waals surface area contributed by atoms with Gasteiger partial charge in [-0.15, -0.1) is 0 Å². The van der Waals surface area contributed by atoms with Crippen LogP contribution in [0, 0.1) is 0 Å². The number of aromatic amines is 1. The van der Waals surface area contributed by atoms with Crippen LogP contribution >= 0.6 is 11.8 Å². The molecule has 3 amide bonds. The minimum absolute atomic E-state index is 0.102. The maximum Gasteiger partial charge on any atom is 0.326 e. The molecule has 2 rings (SSSR count). The molecule has 0 radical (unpaired) electrons. The van der Waals surface area contributed by atoms with Crippen LogP contribution in [0.15, 0.2) is 12.5 Å². The molecule has 1 saturated heterocycles. The highest BCUT2D eigenvalue weighted by Crippen LogP contribution is 2.05. The minimum Gasteiger partial charge on any atom is -0.480 e. The quantitative estimate of drug-likeness (QED) is 0.232. The Hall–Kier alpha value is -2.60. The van der Waals surface area contributed by atoms with E-state index in [1.165, 1.54) is 24.3 Å². The van der Waals surface area contributed by atoms with Gasteiger partial charge in [0.2, 0.25) is 17.7 Å². The van der Waals surface area contributed by atoms with Gasteiger partial charge in [0.05, 0.1) is 18.9 Å². The second kappa shape index (κ2) is 12.2. The number of amides is 3. The smallest absolute Gasteiger partial charge is 0.326 e. The number of hydrogen-bond acceptors (Lipinski definition) is 7. The van der Waals surface area contributed by atoms with Gasteiger partial charge in [-0.25, -0.2) is 9.78 Å². The van der Waals surface area contributed by atoms with Gasteiger partial charge < -0.3 is 31.4 Å². The molecule has 1 aromatic rings. The first kappa shape index (κ1) is 23.7. The molecular formula is C18H28N6O5S. The van der Waals surface area contributed by atoms with E-state index < -0.39 is 29.9 Å². The number of rotatable bonds is 12. The van der Waals surface area contributed by atoms with Crippen LogP contribution < -0.4 is 21.3 Å². The Morgan fingerprint density at radius 1 is 1.30 bits per heavy atom. The number of nitrogens with zero attached hydrogens (tertiary/aromatic N) is 1. The fourth-order valence-electron chi connectivity index (χ4n) is 3.04. The van der Waals surface area contributed by atoms with E-state index >= 15 is 0 Å². The average molecular weight is 441 g/mol. The van der Waals surface area contributed by atoms with Gasteiger partial charge in [-0.05, 0) is 37.8 Å². The van der Waals surface area contributed by atoms with Crippen LogP contribution in [0.1, 0.15) is 25.0 Å². The van der Waals surface area contributed by atoms with Crippen molar-refractivity contribution in [2.45, 2.75) is 43.8 Å². The zero-order valence-electron chi connectivity index (χ0n) is 16.8. The van der Waals surface area contributed by atoms with Gasteiger partial charge in [-0.1, -0.05) is 0 Å². The van der Waals surface area contributed by atoms with E-state index in [1.807, 2.05) is 6.26 Å². The van der Waals surface area contributed by atoms with Gasteiger partial charge in [0.15, 0.2) is 0 Å². The van der Waals surface area contributed by atoms with Crippen LogP contribution in [0.3, 0.4) is 0 Å². The first-order valence-electron chi connectivity index (χ1n) is 9.70. The van der Waals surface area contributed by atoms with Gasteiger partial charge in [-0.3, -0.25) is 14.4 Å². The average Bonchev–Trinajstić information content (AvgIpc) is 3.42. The molecule has 1 aromatic heterocycles. The monoisotopic (exact) mass is 440 g/mol. The van der Waals surface area contributed by atoms with Crippen LogP contribution in [-0.4, -0.2) is 82.0 Å². The van der Waals surface area contributed by atoms with Crippen LogP contribution in [0.4, 0.5) is 0 Å². The minimum atomic E-state index is -1.14. The molecule has 2 heterocycles. The van der Waals surface area contributed by atoms with E-state index in [2.05, 4.69) is 31.2 Å². The Morgan fingerprint density at radius 3 is 2.70 bits per heavy atom. The highest BCUT2D eigenvalue weighted by atomic mass is 32.2. The highest BCUT2D eigenvalue weighted by Gasteiger charge is 2.27. The molecule has 0 bridgehead atoms. The van der Waals surface area contributed by atoms with Crippen molar-refractivity contribution in [3.8, 4) is 0 Å². The largest absolute Gasteiger partial charge is 0.480 e. The lowest BCUT2D eigenvalue weighted by molar-refractivity contribution is -0.142. The SMILES string of the molecule is CSCCC(NC(=O)C(Cc1cnc[nH]1)NC(=O)CNC(=O)C1CCCN1)C(=O)O. The number of imidazole rings is 1. The van der Waals surface area contributed by atoms with Crippen molar-refractivity contribution in [2.75, 3.05) is 25.1 Å². The summed E-state index contributed by atoms with van der Waals surface area (Å²) in [5.41, 5.74) is 0.602. The molecule has 1 aliphatic rings. The van der Waals surface area contributed by atoms with E-state index in [-0.39, 0.29) is 31.3 Å². The molecule has 11 nitrogen and oxygen atoms in total. The number of thioether (sulfide) groups is 1. The van der Waals surface area contributed by atoms with Gasteiger partial charge in [0.1, 0.15) is 12.1 Å². The molecule has 1 fully saturated rings. The number of nitrogens with one attached hydrogen (secondary N) is 5. The molecule has 12 heteroatoms. The first-order chi connectivity index (χ1) is 14.4. The summed E-state index contributed by atoms with van der Waals surface area (Å²) in [5, 5.41) is 20.0. The summed E-state index contributed by atoms with van der Waals surface area (Å²) >= 11 is 1.47. The van der Waals surface area contributed by atoms with E-state index in [4.69, 9.17) is 0 Å². The standard InChI is InChI=1S/C18H28N6O5S/c1-30-6-4-13(18(28)29)24-17(27)14(7-11-8-19-10-22-11)23-15(25)9-21-16(26)12-3-2-5-20-12/h8,10,12-14,20H,2-7,9H2,1H3,(H,19,22)(H,21,26)(H,23,25)(H,24,27)(H,28,29). The molecule has 0 saturated carbocycles. The topological polar surface area (TPSA) is 165 Å². The number of aliphatic carboxylic acids is 1. The molecule has 166 valence electrons. The molecule has 3 atom stereocenters. The summed E-state index contributed by atoms with van der Waals surface area (Å²) in [6.45, 7) is 0.483. The highest BCUT2D eigenvalue weighted by molar-refractivity contribution is 7.98. The fourth-order valence-corrected chi connectivity index (χ4v) is 3.51. The number of carboxylic acids is 1. The molecule has 0 aliphatic carbocycles. The van der Waals surface area contributed by atoms with E-state index in [1.54, 1.807) is 0 Å². The Labute approximate surface area is 178 Å². The normalized spacial score (nSPS) is 17.7. The molecule has 30 heavy (non-hydrogen) atoms. The van der Waals surface area contributed by atoms with Crippen LogP contribution in [-0.2, 0) is 25.6 Å². The molecular weight excluding hydrogens is 412 g/mol.